The summed E-state index contributed by atoms with van der Waals surface area (Å²) in [5, 5.41) is 2.98. The molecule has 1 atom stereocenters. The van der Waals surface area contributed by atoms with Gasteiger partial charge in [-0.15, -0.1) is 0 Å². The first-order chi connectivity index (χ1) is 11.4. The molecule has 132 valence electrons. The Morgan fingerprint density at radius 2 is 2.04 bits per heavy atom. The zero-order valence-corrected chi connectivity index (χ0v) is 15.1. The molecule has 1 amide bonds. The summed E-state index contributed by atoms with van der Waals surface area (Å²) in [6.07, 6.45) is 3.60. The summed E-state index contributed by atoms with van der Waals surface area (Å²) in [6.45, 7) is 2.10. The van der Waals surface area contributed by atoms with Crippen molar-refractivity contribution in [3.63, 3.8) is 0 Å². The lowest BCUT2D eigenvalue weighted by atomic mass is 9.97. The van der Waals surface area contributed by atoms with E-state index in [0.29, 0.717) is 24.4 Å². The Hall–Kier alpha value is -1.44. The Bertz CT molecular complexity index is 731. The third kappa shape index (κ3) is 3.20. The van der Waals surface area contributed by atoms with Gasteiger partial charge in [-0.25, -0.2) is 12.7 Å². The first-order valence-corrected chi connectivity index (χ1v) is 9.90. The van der Waals surface area contributed by atoms with E-state index in [2.05, 4.69) is 10.2 Å². The Labute approximate surface area is 143 Å². The zero-order chi connectivity index (χ0) is 17.3. The normalized spacial score (nSPS) is 22.8. The number of carbonyl (C=O) groups excluding carboxylic acids is 1. The highest BCUT2D eigenvalue weighted by Gasteiger charge is 2.32. The molecule has 0 aliphatic carbocycles. The van der Waals surface area contributed by atoms with E-state index in [1.54, 1.807) is 26.2 Å². The molecule has 1 aromatic rings. The highest BCUT2D eigenvalue weighted by atomic mass is 32.2. The van der Waals surface area contributed by atoms with Crippen LogP contribution in [-0.4, -0.2) is 56.8 Å². The van der Waals surface area contributed by atoms with Crippen LogP contribution in [0.2, 0.25) is 0 Å². The summed E-state index contributed by atoms with van der Waals surface area (Å²) in [7, 11) is -0.331. The van der Waals surface area contributed by atoms with Gasteiger partial charge < -0.3 is 5.32 Å². The fourth-order valence-electron chi connectivity index (χ4n) is 3.57. The monoisotopic (exact) mass is 351 g/mol. The van der Waals surface area contributed by atoms with Gasteiger partial charge in [-0.05, 0) is 42.9 Å². The van der Waals surface area contributed by atoms with Crippen LogP contribution in [0, 0.1) is 0 Å². The lowest BCUT2D eigenvalue weighted by Gasteiger charge is -2.35. The number of rotatable bonds is 3. The minimum atomic E-state index is -3.44. The fraction of sp³-hybridized carbons (Fsp3) is 0.588. The van der Waals surface area contributed by atoms with Crippen molar-refractivity contribution in [2.75, 3.05) is 27.2 Å². The second-order valence-electron chi connectivity index (χ2n) is 6.70. The van der Waals surface area contributed by atoms with E-state index in [0.717, 1.165) is 36.9 Å². The molecule has 0 saturated carbocycles. The molecular formula is C17H25N3O3S. The van der Waals surface area contributed by atoms with Crippen molar-refractivity contribution in [2.24, 2.45) is 0 Å². The van der Waals surface area contributed by atoms with E-state index in [4.69, 9.17) is 0 Å². The topological polar surface area (TPSA) is 69.7 Å². The largest absolute Gasteiger partial charge is 0.355 e. The minimum Gasteiger partial charge on any atom is -0.355 e. The van der Waals surface area contributed by atoms with Crippen molar-refractivity contribution < 1.29 is 13.2 Å². The van der Waals surface area contributed by atoms with Crippen molar-refractivity contribution in [1.29, 1.82) is 0 Å². The summed E-state index contributed by atoms with van der Waals surface area (Å²) in [5.41, 5.74) is 1.91. The number of carbonyl (C=O) groups is 1. The average molecular weight is 351 g/mol. The van der Waals surface area contributed by atoms with Crippen molar-refractivity contribution in [3.8, 4) is 0 Å². The predicted molar refractivity (Wildman–Crippen MR) is 92.1 cm³/mol. The van der Waals surface area contributed by atoms with Gasteiger partial charge in [0.2, 0.25) is 15.9 Å². The van der Waals surface area contributed by atoms with Crippen LogP contribution in [0.1, 0.15) is 30.4 Å². The predicted octanol–water partition coefficient (Wildman–Crippen LogP) is 0.964. The molecule has 1 fully saturated rings. The fourth-order valence-corrected chi connectivity index (χ4v) is 4.76. The number of hydrogen-bond donors (Lipinski definition) is 1. The van der Waals surface area contributed by atoms with Crippen LogP contribution in [0.15, 0.2) is 23.1 Å². The molecule has 0 radical (unpaired) electrons. The van der Waals surface area contributed by atoms with Crippen LogP contribution in [-0.2, 0) is 27.8 Å². The molecule has 0 spiro atoms. The van der Waals surface area contributed by atoms with Crippen molar-refractivity contribution >= 4 is 15.9 Å². The van der Waals surface area contributed by atoms with E-state index in [9.17, 15) is 13.2 Å². The molecule has 2 heterocycles. The van der Waals surface area contributed by atoms with E-state index in [-0.39, 0.29) is 11.9 Å². The average Bonchev–Trinajstić information content (AvgIpc) is 2.78. The molecule has 0 aromatic heterocycles. The zero-order valence-electron chi connectivity index (χ0n) is 14.3. The number of sulfonamides is 1. The molecule has 6 nitrogen and oxygen atoms in total. The van der Waals surface area contributed by atoms with Crippen LogP contribution in [0.5, 0.6) is 0 Å². The Morgan fingerprint density at radius 1 is 1.25 bits per heavy atom. The van der Waals surface area contributed by atoms with Gasteiger partial charge in [-0.2, -0.15) is 0 Å². The van der Waals surface area contributed by atoms with Crippen LogP contribution in [0.3, 0.4) is 0 Å². The van der Waals surface area contributed by atoms with E-state index < -0.39 is 10.0 Å². The van der Waals surface area contributed by atoms with E-state index >= 15 is 0 Å². The van der Waals surface area contributed by atoms with Crippen molar-refractivity contribution in [2.45, 2.75) is 43.2 Å². The standard InChI is InChI=1S/C17H25N3O3S/c1-19(2)24(22,23)16-8-5-6-13-12-20(11-9-14(13)16)15-7-3-4-10-18-17(15)21/h5-6,8,15H,3-4,7,9-12H2,1-2H3,(H,18,21). The number of nitrogens with zero attached hydrogens (tertiary/aromatic N) is 2. The maximum atomic E-state index is 12.5. The summed E-state index contributed by atoms with van der Waals surface area (Å²) in [4.78, 5) is 14.9. The van der Waals surface area contributed by atoms with Gasteiger partial charge in [-0.3, -0.25) is 9.69 Å². The molecule has 7 heteroatoms. The summed E-state index contributed by atoms with van der Waals surface area (Å²) >= 11 is 0. The highest BCUT2D eigenvalue weighted by molar-refractivity contribution is 7.89. The maximum absolute atomic E-state index is 12.5. The summed E-state index contributed by atoms with van der Waals surface area (Å²) in [5.74, 6) is 0.105. The summed E-state index contributed by atoms with van der Waals surface area (Å²) in [6, 6.07) is 5.36. The molecule has 1 aromatic carbocycles. The molecule has 1 N–H and O–H groups in total. The van der Waals surface area contributed by atoms with Gasteiger partial charge in [0.05, 0.1) is 10.9 Å². The van der Waals surface area contributed by atoms with E-state index in [1.165, 1.54) is 4.31 Å². The van der Waals surface area contributed by atoms with Crippen molar-refractivity contribution in [1.82, 2.24) is 14.5 Å². The van der Waals surface area contributed by atoms with Gasteiger partial charge in [0, 0.05) is 33.7 Å². The highest BCUT2D eigenvalue weighted by Crippen LogP contribution is 2.29. The second-order valence-corrected chi connectivity index (χ2v) is 8.82. The lowest BCUT2D eigenvalue weighted by molar-refractivity contribution is -0.126. The van der Waals surface area contributed by atoms with Gasteiger partial charge in [0.25, 0.3) is 0 Å². The van der Waals surface area contributed by atoms with Crippen molar-refractivity contribution in [3.05, 3.63) is 29.3 Å². The van der Waals surface area contributed by atoms with E-state index in [1.807, 2.05) is 6.07 Å². The minimum absolute atomic E-state index is 0.102. The molecule has 2 aliphatic heterocycles. The molecular weight excluding hydrogens is 326 g/mol. The lowest BCUT2D eigenvalue weighted by Crippen LogP contribution is -2.47. The van der Waals surface area contributed by atoms with Gasteiger partial charge in [-0.1, -0.05) is 12.1 Å². The third-order valence-electron chi connectivity index (χ3n) is 4.96. The van der Waals surface area contributed by atoms with Gasteiger partial charge >= 0.3 is 0 Å². The molecule has 3 rings (SSSR count). The smallest absolute Gasteiger partial charge is 0.242 e. The Kier molecular flexibility index (Phi) is 4.94. The second kappa shape index (κ2) is 6.82. The van der Waals surface area contributed by atoms with Crippen LogP contribution >= 0.6 is 0 Å². The number of amides is 1. The number of benzene rings is 1. The Balaban J connectivity index is 1.88. The first-order valence-electron chi connectivity index (χ1n) is 8.46. The molecule has 1 saturated heterocycles. The molecule has 2 aliphatic rings. The van der Waals surface area contributed by atoms with Gasteiger partial charge in [0.1, 0.15) is 0 Å². The number of fused-ring (bicyclic) bond motifs is 1. The SMILES string of the molecule is CN(C)S(=O)(=O)c1cccc2c1CCN(C1CCCCNC1=O)C2. The van der Waals surface area contributed by atoms with Crippen LogP contribution in [0.4, 0.5) is 0 Å². The molecule has 24 heavy (non-hydrogen) atoms. The quantitative estimate of drug-likeness (QED) is 0.881. The summed E-state index contributed by atoms with van der Waals surface area (Å²) < 4.78 is 26.3. The first kappa shape index (κ1) is 17.4. The molecule has 0 bridgehead atoms. The number of nitrogens with one attached hydrogen (secondary N) is 1. The maximum Gasteiger partial charge on any atom is 0.242 e. The molecule has 1 unspecified atom stereocenters. The number of hydrogen-bond acceptors (Lipinski definition) is 4. The van der Waals surface area contributed by atoms with Gasteiger partial charge in [0.15, 0.2) is 0 Å². The van der Waals surface area contributed by atoms with Crippen LogP contribution < -0.4 is 5.32 Å². The third-order valence-corrected chi connectivity index (χ3v) is 6.86. The Morgan fingerprint density at radius 3 is 2.79 bits per heavy atom. The van der Waals surface area contributed by atoms with Crippen LogP contribution in [0.25, 0.3) is 0 Å².